The molecule has 2 aromatic rings. The van der Waals surface area contributed by atoms with Gasteiger partial charge in [-0.25, -0.2) is 4.79 Å². The molecule has 2 aromatic carbocycles. The van der Waals surface area contributed by atoms with Crippen molar-refractivity contribution in [2.45, 2.75) is 6.61 Å². The largest absolute Gasteiger partial charge is 0.503 e. The number of carbonyl (C=O) groups is 1. The van der Waals surface area contributed by atoms with Crippen LogP contribution in [0.5, 0.6) is 11.5 Å². The Morgan fingerprint density at radius 1 is 1.04 bits per heavy atom. The van der Waals surface area contributed by atoms with Gasteiger partial charge in [-0.3, -0.25) is 0 Å². The molecular weight excluding hydrogens is 362 g/mol. The first-order valence-corrected chi connectivity index (χ1v) is 8.41. The van der Waals surface area contributed by atoms with Gasteiger partial charge in [-0.1, -0.05) is 29.4 Å². The maximum Gasteiger partial charge on any atom is 0.341 e. The topological polar surface area (TPSA) is 75.6 Å². The number of ether oxygens (including phenoxy) is 4. The molecule has 2 rings (SSSR count). The van der Waals surface area contributed by atoms with Crippen molar-refractivity contribution in [3.63, 3.8) is 0 Å². The summed E-state index contributed by atoms with van der Waals surface area (Å²) in [5.41, 5.74) is 2.54. The van der Waals surface area contributed by atoms with E-state index in [1.165, 1.54) is 27.6 Å². The number of hydrogen-bond donors (Lipinski definition) is 0. The van der Waals surface area contributed by atoms with E-state index in [9.17, 15) is 4.79 Å². The molecule has 148 valence electrons. The van der Waals surface area contributed by atoms with Crippen molar-refractivity contribution in [3.05, 3.63) is 65.4 Å². The smallest absolute Gasteiger partial charge is 0.341 e. The fourth-order valence-electron chi connectivity index (χ4n) is 2.51. The Balaban J connectivity index is 2.32. The highest BCUT2D eigenvalue weighted by Gasteiger charge is 2.17. The van der Waals surface area contributed by atoms with Crippen molar-refractivity contribution in [2.24, 2.45) is 5.16 Å². The van der Waals surface area contributed by atoms with E-state index in [1.807, 2.05) is 24.3 Å². The van der Waals surface area contributed by atoms with Gasteiger partial charge in [-0.05, 0) is 29.3 Å². The molecule has 0 fully saturated rings. The number of carbonyl (C=O) groups excluding carboxylic acids is 1. The zero-order valence-corrected chi connectivity index (χ0v) is 16.3. The number of oxime groups is 1. The van der Waals surface area contributed by atoms with Crippen LogP contribution in [0.4, 0.5) is 0 Å². The Morgan fingerprint density at radius 2 is 1.82 bits per heavy atom. The third-order valence-corrected chi connectivity index (χ3v) is 3.83. The van der Waals surface area contributed by atoms with Crippen LogP contribution in [0.25, 0.3) is 5.57 Å². The molecule has 0 N–H and O–H groups in total. The average molecular weight is 385 g/mol. The molecule has 7 heteroatoms. The summed E-state index contributed by atoms with van der Waals surface area (Å²) < 4.78 is 21.2. The predicted octanol–water partition coefficient (Wildman–Crippen LogP) is 3.41. The van der Waals surface area contributed by atoms with Gasteiger partial charge in [0.05, 0.1) is 33.8 Å². The molecule has 0 atom stereocenters. The van der Waals surface area contributed by atoms with E-state index in [1.54, 1.807) is 31.5 Å². The first-order chi connectivity index (χ1) is 13.6. The SMILES string of the molecule is COC=C(C(=O)OC)c1ccccc1COc1cc(C=NOC)ccc1OC. The molecule has 7 nitrogen and oxygen atoms in total. The quantitative estimate of drug-likeness (QED) is 0.216. The van der Waals surface area contributed by atoms with E-state index in [-0.39, 0.29) is 6.61 Å². The van der Waals surface area contributed by atoms with E-state index in [0.29, 0.717) is 22.6 Å². The average Bonchev–Trinajstić information content (AvgIpc) is 2.74. The van der Waals surface area contributed by atoms with E-state index in [0.717, 1.165) is 11.1 Å². The minimum atomic E-state index is -0.496. The van der Waals surface area contributed by atoms with Crippen molar-refractivity contribution in [2.75, 3.05) is 28.4 Å². The van der Waals surface area contributed by atoms with Crippen molar-refractivity contribution in [1.82, 2.24) is 0 Å². The molecular formula is C21H23NO6. The minimum Gasteiger partial charge on any atom is -0.503 e. The molecule has 28 heavy (non-hydrogen) atoms. The van der Waals surface area contributed by atoms with Gasteiger partial charge in [0, 0.05) is 5.56 Å². The number of methoxy groups -OCH3 is 3. The second-order valence-electron chi connectivity index (χ2n) is 5.53. The van der Waals surface area contributed by atoms with Gasteiger partial charge >= 0.3 is 5.97 Å². The van der Waals surface area contributed by atoms with Crippen LogP contribution in [-0.2, 0) is 25.7 Å². The molecule has 0 amide bonds. The predicted molar refractivity (Wildman–Crippen MR) is 105 cm³/mol. The highest BCUT2D eigenvalue weighted by Crippen LogP contribution is 2.29. The van der Waals surface area contributed by atoms with Gasteiger partial charge in [0.15, 0.2) is 11.5 Å². The molecule has 0 saturated heterocycles. The summed E-state index contributed by atoms with van der Waals surface area (Å²) in [4.78, 5) is 16.8. The van der Waals surface area contributed by atoms with E-state index in [4.69, 9.17) is 23.8 Å². The van der Waals surface area contributed by atoms with Crippen molar-refractivity contribution >= 4 is 17.8 Å². The van der Waals surface area contributed by atoms with Gasteiger partial charge in [-0.2, -0.15) is 0 Å². The monoisotopic (exact) mass is 385 g/mol. The summed E-state index contributed by atoms with van der Waals surface area (Å²) in [6.45, 7) is 0.204. The van der Waals surface area contributed by atoms with Crippen LogP contribution in [-0.4, -0.2) is 40.6 Å². The number of rotatable bonds is 9. The third-order valence-electron chi connectivity index (χ3n) is 3.83. The van der Waals surface area contributed by atoms with Crippen LogP contribution in [0.3, 0.4) is 0 Å². The Labute approximate surface area is 164 Å². The highest BCUT2D eigenvalue weighted by molar-refractivity contribution is 6.16. The normalized spacial score (nSPS) is 11.2. The zero-order valence-electron chi connectivity index (χ0n) is 16.3. The van der Waals surface area contributed by atoms with Gasteiger partial charge in [-0.15, -0.1) is 0 Å². The van der Waals surface area contributed by atoms with E-state index in [2.05, 4.69) is 5.16 Å². The second-order valence-corrected chi connectivity index (χ2v) is 5.53. The number of hydrogen-bond acceptors (Lipinski definition) is 7. The molecule has 0 aliphatic rings. The molecule has 0 radical (unpaired) electrons. The first kappa shape index (κ1) is 20.8. The second kappa shape index (κ2) is 10.6. The van der Waals surface area contributed by atoms with Crippen molar-refractivity contribution < 1.29 is 28.6 Å². The molecule has 0 spiro atoms. The number of esters is 1. The van der Waals surface area contributed by atoms with Gasteiger partial charge in [0.25, 0.3) is 0 Å². The van der Waals surface area contributed by atoms with E-state index < -0.39 is 5.97 Å². The molecule has 0 aromatic heterocycles. The van der Waals surface area contributed by atoms with Crippen LogP contribution in [0.15, 0.2) is 53.9 Å². The number of nitrogens with zero attached hydrogens (tertiary/aromatic N) is 1. The summed E-state index contributed by atoms with van der Waals surface area (Å²) in [5, 5.41) is 3.75. The molecule has 0 aliphatic carbocycles. The van der Waals surface area contributed by atoms with Gasteiger partial charge < -0.3 is 23.8 Å². The summed E-state index contributed by atoms with van der Waals surface area (Å²) in [6, 6.07) is 12.8. The third kappa shape index (κ3) is 5.26. The standard InChI is InChI=1S/C21H23NO6/c1-24-14-18(21(23)26-3)17-8-6-5-7-16(17)13-28-20-11-15(12-22-27-4)9-10-19(20)25-2/h5-12,14H,13H2,1-4H3. The molecule has 0 aliphatic heterocycles. The molecule has 0 unspecified atom stereocenters. The minimum absolute atomic E-state index is 0.204. The number of benzene rings is 2. The highest BCUT2D eigenvalue weighted by atomic mass is 16.6. The zero-order chi connectivity index (χ0) is 20.4. The summed E-state index contributed by atoms with van der Waals surface area (Å²) in [5.74, 6) is 0.616. The van der Waals surface area contributed by atoms with Crippen LogP contribution >= 0.6 is 0 Å². The lowest BCUT2D eigenvalue weighted by Crippen LogP contribution is -2.08. The van der Waals surface area contributed by atoms with E-state index >= 15 is 0 Å². The molecule has 0 heterocycles. The maximum atomic E-state index is 12.1. The van der Waals surface area contributed by atoms with Crippen molar-refractivity contribution in [1.29, 1.82) is 0 Å². The lowest BCUT2D eigenvalue weighted by molar-refractivity contribution is -0.133. The van der Waals surface area contributed by atoms with Gasteiger partial charge in [0.2, 0.25) is 0 Å². The first-order valence-electron chi connectivity index (χ1n) is 8.41. The van der Waals surface area contributed by atoms with Crippen LogP contribution < -0.4 is 9.47 Å². The van der Waals surface area contributed by atoms with Crippen LogP contribution in [0, 0.1) is 0 Å². The van der Waals surface area contributed by atoms with Crippen LogP contribution in [0.1, 0.15) is 16.7 Å². The van der Waals surface area contributed by atoms with Crippen LogP contribution in [0.2, 0.25) is 0 Å². The Kier molecular flexibility index (Phi) is 7.90. The summed E-state index contributed by atoms with van der Waals surface area (Å²) in [7, 11) is 5.83. The fraction of sp³-hybridized carbons (Fsp3) is 0.238. The fourth-order valence-corrected chi connectivity index (χ4v) is 2.51. The summed E-state index contributed by atoms with van der Waals surface area (Å²) in [6.07, 6.45) is 2.92. The molecule has 0 bridgehead atoms. The Bertz CT molecular complexity index is 860. The summed E-state index contributed by atoms with van der Waals surface area (Å²) >= 11 is 0. The Morgan fingerprint density at radius 3 is 2.50 bits per heavy atom. The van der Waals surface area contributed by atoms with Crippen molar-refractivity contribution in [3.8, 4) is 11.5 Å². The lowest BCUT2D eigenvalue weighted by Gasteiger charge is -2.14. The Hall–Kier alpha value is -3.48. The maximum absolute atomic E-state index is 12.1. The lowest BCUT2D eigenvalue weighted by atomic mass is 10.0. The molecule has 0 saturated carbocycles. The van der Waals surface area contributed by atoms with Gasteiger partial charge in [0.1, 0.15) is 19.3 Å².